The molecule has 0 radical (unpaired) electrons. The van der Waals surface area contributed by atoms with Crippen molar-refractivity contribution in [1.29, 1.82) is 0 Å². The number of hydrogen-bond donors (Lipinski definition) is 2. The van der Waals surface area contributed by atoms with Crippen molar-refractivity contribution < 1.29 is 23.1 Å². The summed E-state index contributed by atoms with van der Waals surface area (Å²) in [4.78, 5) is 20.8. The number of aromatic nitrogens is 2. The molecule has 0 unspecified atom stereocenters. The maximum absolute atomic E-state index is 12.5. The SMILES string of the molecule is Cc1ncc(CN(CCO)C(=O)Cc2ccc(C(F)(F)F)cc2)[nH]1. The highest BCUT2D eigenvalue weighted by atomic mass is 19.4. The number of hydrogen-bond acceptors (Lipinski definition) is 3. The van der Waals surface area contributed by atoms with Crippen molar-refractivity contribution in [3.63, 3.8) is 0 Å². The predicted octanol–water partition coefficient (Wildman–Crippen LogP) is 2.30. The van der Waals surface area contributed by atoms with Crippen molar-refractivity contribution in [3.05, 3.63) is 53.1 Å². The number of H-pyrrole nitrogens is 1. The van der Waals surface area contributed by atoms with Gasteiger partial charge >= 0.3 is 6.18 Å². The van der Waals surface area contributed by atoms with E-state index in [1.807, 2.05) is 0 Å². The number of aliphatic hydroxyl groups is 1. The molecule has 2 rings (SSSR count). The Labute approximate surface area is 137 Å². The van der Waals surface area contributed by atoms with Crippen LogP contribution in [0.3, 0.4) is 0 Å². The highest BCUT2D eigenvalue weighted by Crippen LogP contribution is 2.29. The molecule has 2 N–H and O–H groups in total. The maximum Gasteiger partial charge on any atom is 0.416 e. The van der Waals surface area contributed by atoms with Gasteiger partial charge in [0.1, 0.15) is 5.82 Å². The molecule has 1 aromatic heterocycles. The van der Waals surface area contributed by atoms with Crippen LogP contribution in [-0.4, -0.2) is 39.0 Å². The van der Waals surface area contributed by atoms with Crippen LogP contribution in [0.4, 0.5) is 13.2 Å². The zero-order valence-electron chi connectivity index (χ0n) is 13.1. The molecule has 0 saturated carbocycles. The summed E-state index contributed by atoms with van der Waals surface area (Å²) in [6.45, 7) is 1.97. The number of nitrogens with one attached hydrogen (secondary N) is 1. The van der Waals surface area contributed by atoms with Gasteiger partial charge in [0.25, 0.3) is 0 Å². The summed E-state index contributed by atoms with van der Waals surface area (Å²) >= 11 is 0. The van der Waals surface area contributed by atoms with Crippen molar-refractivity contribution in [2.75, 3.05) is 13.2 Å². The fraction of sp³-hybridized carbons (Fsp3) is 0.375. The fourth-order valence-electron chi connectivity index (χ4n) is 2.27. The number of nitrogens with zero attached hydrogens (tertiary/aromatic N) is 2. The van der Waals surface area contributed by atoms with E-state index < -0.39 is 11.7 Å². The largest absolute Gasteiger partial charge is 0.416 e. The average molecular weight is 341 g/mol. The Morgan fingerprint density at radius 3 is 2.46 bits per heavy atom. The minimum absolute atomic E-state index is 0.0365. The average Bonchev–Trinajstić information content (AvgIpc) is 2.91. The summed E-state index contributed by atoms with van der Waals surface area (Å²) in [7, 11) is 0. The van der Waals surface area contributed by atoms with E-state index in [1.165, 1.54) is 17.0 Å². The molecule has 0 aliphatic carbocycles. The van der Waals surface area contributed by atoms with E-state index in [4.69, 9.17) is 5.11 Å². The van der Waals surface area contributed by atoms with Gasteiger partial charge < -0.3 is 15.0 Å². The molecule has 1 aromatic carbocycles. The monoisotopic (exact) mass is 341 g/mol. The van der Waals surface area contributed by atoms with Gasteiger partial charge in [-0.05, 0) is 24.6 Å². The van der Waals surface area contributed by atoms with Crippen LogP contribution in [0.1, 0.15) is 22.6 Å². The van der Waals surface area contributed by atoms with E-state index in [0.29, 0.717) is 11.4 Å². The lowest BCUT2D eigenvalue weighted by Crippen LogP contribution is -2.34. The molecule has 0 bridgehead atoms. The zero-order chi connectivity index (χ0) is 17.7. The first-order chi connectivity index (χ1) is 11.3. The second-order valence-electron chi connectivity index (χ2n) is 5.40. The number of rotatable bonds is 6. The first-order valence-corrected chi connectivity index (χ1v) is 7.35. The topological polar surface area (TPSA) is 69.2 Å². The third-order valence-corrected chi connectivity index (χ3v) is 3.48. The summed E-state index contributed by atoms with van der Waals surface area (Å²) in [6.07, 6.45) is -2.83. The number of aliphatic hydroxyl groups excluding tert-OH is 1. The van der Waals surface area contributed by atoms with Gasteiger partial charge in [-0.1, -0.05) is 12.1 Å². The molecule has 0 aliphatic rings. The highest BCUT2D eigenvalue weighted by Gasteiger charge is 2.30. The molecule has 0 spiro atoms. The molecule has 8 heteroatoms. The lowest BCUT2D eigenvalue weighted by atomic mass is 10.1. The summed E-state index contributed by atoms with van der Waals surface area (Å²) in [5.74, 6) is 0.431. The van der Waals surface area contributed by atoms with E-state index in [-0.39, 0.29) is 32.0 Å². The Hall–Kier alpha value is -2.35. The van der Waals surface area contributed by atoms with Gasteiger partial charge in [0.2, 0.25) is 5.91 Å². The zero-order valence-corrected chi connectivity index (χ0v) is 13.1. The summed E-state index contributed by atoms with van der Waals surface area (Å²) in [5, 5.41) is 9.12. The van der Waals surface area contributed by atoms with Crippen molar-refractivity contribution in [2.24, 2.45) is 0 Å². The van der Waals surface area contributed by atoms with E-state index in [0.717, 1.165) is 17.8 Å². The number of halogens is 3. The number of benzene rings is 1. The number of alkyl halides is 3. The number of carbonyl (C=O) groups excluding carboxylic acids is 1. The van der Waals surface area contributed by atoms with E-state index in [9.17, 15) is 18.0 Å². The lowest BCUT2D eigenvalue weighted by molar-refractivity contribution is -0.137. The Kier molecular flexibility index (Phi) is 5.61. The second kappa shape index (κ2) is 7.48. The van der Waals surface area contributed by atoms with Crippen LogP contribution in [0.2, 0.25) is 0 Å². The molecule has 5 nitrogen and oxygen atoms in total. The van der Waals surface area contributed by atoms with E-state index in [1.54, 1.807) is 13.1 Å². The summed E-state index contributed by atoms with van der Waals surface area (Å²) in [5.41, 5.74) is 0.456. The van der Waals surface area contributed by atoms with Crippen molar-refractivity contribution in [3.8, 4) is 0 Å². The quantitative estimate of drug-likeness (QED) is 0.847. The molecular formula is C16H18F3N3O2. The molecule has 1 amide bonds. The molecular weight excluding hydrogens is 323 g/mol. The first-order valence-electron chi connectivity index (χ1n) is 7.35. The van der Waals surface area contributed by atoms with Crippen LogP contribution in [0.25, 0.3) is 0 Å². The summed E-state index contributed by atoms with van der Waals surface area (Å²) < 4.78 is 37.6. The van der Waals surface area contributed by atoms with Crippen molar-refractivity contribution in [1.82, 2.24) is 14.9 Å². The summed E-state index contributed by atoms with van der Waals surface area (Å²) in [6, 6.07) is 4.49. The minimum Gasteiger partial charge on any atom is -0.395 e. The number of amides is 1. The smallest absolute Gasteiger partial charge is 0.395 e. The van der Waals surface area contributed by atoms with Crippen molar-refractivity contribution in [2.45, 2.75) is 26.1 Å². The van der Waals surface area contributed by atoms with Gasteiger partial charge in [0.05, 0.1) is 37.0 Å². The third-order valence-electron chi connectivity index (χ3n) is 3.48. The van der Waals surface area contributed by atoms with Crippen LogP contribution in [0, 0.1) is 6.92 Å². The van der Waals surface area contributed by atoms with E-state index in [2.05, 4.69) is 9.97 Å². The molecule has 0 aliphatic heterocycles. The highest BCUT2D eigenvalue weighted by molar-refractivity contribution is 5.78. The third kappa shape index (κ3) is 4.82. The first kappa shape index (κ1) is 18.0. The van der Waals surface area contributed by atoms with Gasteiger partial charge in [0.15, 0.2) is 0 Å². The molecule has 0 atom stereocenters. The van der Waals surface area contributed by atoms with Crippen LogP contribution >= 0.6 is 0 Å². The molecule has 0 saturated heterocycles. The van der Waals surface area contributed by atoms with Gasteiger partial charge in [-0.15, -0.1) is 0 Å². The van der Waals surface area contributed by atoms with Crippen LogP contribution < -0.4 is 0 Å². The molecule has 2 aromatic rings. The second-order valence-corrected chi connectivity index (χ2v) is 5.40. The van der Waals surface area contributed by atoms with Gasteiger partial charge in [-0.25, -0.2) is 4.98 Å². The Balaban J connectivity index is 2.04. The molecule has 24 heavy (non-hydrogen) atoms. The van der Waals surface area contributed by atoms with Crippen LogP contribution in [-0.2, 0) is 23.9 Å². The normalized spacial score (nSPS) is 11.5. The predicted molar refractivity (Wildman–Crippen MR) is 81.0 cm³/mol. The van der Waals surface area contributed by atoms with Crippen LogP contribution in [0.15, 0.2) is 30.5 Å². The van der Waals surface area contributed by atoms with Gasteiger partial charge in [-0.2, -0.15) is 13.2 Å². The van der Waals surface area contributed by atoms with E-state index >= 15 is 0 Å². The fourth-order valence-corrected chi connectivity index (χ4v) is 2.27. The molecule has 1 heterocycles. The number of aryl methyl sites for hydroxylation is 1. The lowest BCUT2D eigenvalue weighted by Gasteiger charge is -2.21. The number of aromatic amines is 1. The maximum atomic E-state index is 12.5. The number of imidazole rings is 1. The molecule has 0 fully saturated rings. The number of carbonyl (C=O) groups is 1. The standard InChI is InChI=1S/C16H18F3N3O2/c1-11-20-9-14(21-11)10-22(6-7-23)15(24)8-12-2-4-13(5-3-12)16(17,18)19/h2-5,9,23H,6-8,10H2,1H3,(H,20,21). The van der Waals surface area contributed by atoms with Gasteiger partial charge in [0, 0.05) is 6.54 Å². The Morgan fingerprint density at radius 1 is 1.29 bits per heavy atom. The Morgan fingerprint density at radius 2 is 1.96 bits per heavy atom. The Bertz CT molecular complexity index is 681. The van der Waals surface area contributed by atoms with Crippen molar-refractivity contribution >= 4 is 5.91 Å². The van der Waals surface area contributed by atoms with Gasteiger partial charge in [-0.3, -0.25) is 4.79 Å². The van der Waals surface area contributed by atoms with Crippen LogP contribution in [0.5, 0.6) is 0 Å². The molecule has 130 valence electrons. The minimum atomic E-state index is -4.40.